The minimum atomic E-state index is -0.403. The number of benzene rings is 2. The molecule has 0 bridgehead atoms. The van der Waals surface area contributed by atoms with E-state index in [1.807, 2.05) is 34.9 Å². The second-order valence-corrected chi connectivity index (χ2v) is 12.2. The van der Waals surface area contributed by atoms with Crippen LogP contribution in [-0.2, 0) is 41.9 Å². The Morgan fingerprint density at radius 3 is 2.58 bits per heavy atom. The maximum absolute atomic E-state index is 13.1. The molecule has 0 fully saturated rings. The van der Waals surface area contributed by atoms with Crippen molar-refractivity contribution in [1.82, 2.24) is 20.1 Å². The number of thiophene rings is 1. The molecule has 2 heterocycles. The standard InChI is InChI=1S/C32H35N5O6S2/c1-4-43-31(40)28-22-11-8-12-25(22)45-30(28)34-27(38)19-44-32-36-35-26(37(32)16-15-20-9-6-5-7-10-20)18-33-29(39)21-13-14-23(41-2)24(17-21)42-3/h5-7,9-10,13-14,17H,4,8,11-12,15-16,18-19H2,1-3H3,(H,33,39)(H,34,38). The maximum atomic E-state index is 13.1. The highest BCUT2D eigenvalue weighted by Crippen LogP contribution is 2.39. The first-order valence-corrected chi connectivity index (χ1v) is 16.4. The van der Waals surface area contributed by atoms with E-state index in [2.05, 4.69) is 20.8 Å². The van der Waals surface area contributed by atoms with Crippen LogP contribution < -0.4 is 20.1 Å². The van der Waals surface area contributed by atoms with Gasteiger partial charge in [0.1, 0.15) is 5.00 Å². The molecule has 4 aromatic rings. The van der Waals surface area contributed by atoms with Crippen molar-refractivity contribution >= 4 is 45.9 Å². The number of hydrogen-bond acceptors (Lipinski definition) is 10. The molecular weight excluding hydrogens is 615 g/mol. The SMILES string of the molecule is CCOC(=O)c1c(NC(=O)CSc2nnc(CNC(=O)c3ccc(OC)c(OC)c3)n2CCc2ccccc2)sc2c1CCC2. The second-order valence-electron chi connectivity index (χ2n) is 10.2. The number of ether oxygens (including phenoxy) is 3. The number of methoxy groups -OCH3 is 2. The third-order valence-corrected chi connectivity index (χ3v) is 9.47. The van der Waals surface area contributed by atoms with Gasteiger partial charge in [0, 0.05) is 17.0 Å². The summed E-state index contributed by atoms with van der Waals surface area (Å²) in [7, 11) is 3.05. The first kappa shape index (κ1) is 32.0. The molecular formula is C32H35N5O6S2. The van der Waals surface area contributed by atoms with E-state index in [1.54, 1.807) is 25.1 Å². The molecule has 1 aliphatic carbocycles. The number of anilines is 1. The van der Waals surface area contributed by atoms with Crippen molar-refractivity contribution < 1.29 is 28.6 Å². The molecule has 0 unspecified atom stereocenters. The topological polar surface area (TPSA) is 134 Å². The number of nitrogens with zero attached hydrogens (tertiary/aromatic N) is 3. The van der Waals surface area contributed by atoms with Crippen LogP contribution in [0.1, 0.15) is 55.9 Å². The molecule has 0 atom stereocenters. The molecule has 236 valence electrons. The number of rotatable bonds is 14. The molecule has 0 aliphatic heterocycles. The Morgan fingerprint density at radius 1 is 1.02 bits per heavy atom. The summed E-state index contributed by atoms with van der Waals surface area (Å²) in [5.74, 6) is 0.637. The minimum Gasteiger partial charge on any atom is -0.493 e. The molecule has 0 radical (unpaired) electrons. The summed E-state index contributed by atoms with van der Waals surface area (Å²) < 4.78 is 17.8. The predicted octanol–water partition coefficient (Wildman–Crippen LogP) is 4.93. The lowest BCUT2D eigenvalue weighted by Gasteiger charge is -2.12. The number of amides is 2. The van der Waals surface area contributed by atoms with Gasteiger partial charge in [-0.25, -0.2) is 4.79 Å². The van der Waals surface area contributed by atoms with Crippen LogP contribution in [0.4, 0.5) is 5.00 Å². The number of carbonyl (C=O) groups excluding carboxylic acids is 3. The lowest BCUT2D eigenvalue weighted by Crippen LogP contribution is -2.25. The second kappa shape index (κ2) is 15.1. The fraction of sp³-hybridized carbons (Fsp3) is 0.344. The number of hydrogen-bond donors (Lipinski definition) is 2. The molecule has 2 aromatic heterocycles. The summed E-state index contributed by atoms with van der Waals surface area (Å²) in [4.78, 5) is 39.9. The fourth-order valence-electron chi connectivity index (χ4n) is 5.11. The highest BCUT2D eigenvalue weighted by molar-refractivity contribution is 7.99. The third kappa shape index (κ3) is 7.66. The fourth-order valence-corrected chi connectivity index (χ4v) is 7.19. The van der Waals surface area contributed by atoms with Crippen molar-refractivity contribution in [2.45, 2.75) is 50.9 Å². The van der Waals surface area contributed by atoms with Crippen LogP contribution in [-0.4, -0.2) is 59.1 Å². The van der Waals surface area contributed by atoms with Crippen LogP contribution in [0, 0.1) is 0 Å². The molecule has 2 amide bonds. The van der Waals surface area contributed by atoms with Crippen molar-refractivity contribution in [2.24, 2.45) is 0 Å². The van der Waals surface area contributed by atoms with Crippen LogP contribution in [0.25, 0.3) is 0 Å². The molecule has 5 rings (SSSR count). The van der Waals surface area contributed by atoms with Gasteiger partial charge >= 0.3 is 5.97 Å². The normalized spacial score (nSPS) is 12.0. The van der Waals surface area contributed by atoms with Gasteiger partial charge in [-0.1, -0.05) is 42.1 Å². The molecule has 2 aromatic carbocycles. The van der Waals surface area contributed by atoms with E-state index in [-0.39, 0.29) is 30.7 Å². The van der Waals surface area contributed by atoms with E-state index < -0.39 is 5.97 Å². The van der Waals surface area contributed by atoms with E-state index >= 15 is 0 Å². The van der Waals surface area contributed by atoms with Crippen molar-refractivity contribution in [3.8, 4) is 11.5 Å². The molecule has 0 spiro atoms. The summed E-state index contributed by atoms with van der Waals surface area (Å²) in [6.07, 6.45) is 3.40. The molecule has 11 nitrogen and oxygen atoms in total. The largest absolute Gasteiger partial charge is 0.493 e. The van der Waals surface area contributed by atoms with Crippen molar-refractivity contribution in [2.75, 3.05) is 31.9 Å². The number of aromatic nitrogens is 3. The Labute approximate surface area is 269 Å². The third-order valence-electron chi connectivity index (χ3n) is 7.30. The maximum Gasteiger partial charge on any atom is 0.341 e. The smallest absolute Gasteiger partial charge is 0.341 e. The van der Waals surface area contributed by atoms with Gasteiger partial charge in [-0.05, 0) is 61.9 Å². The Bertz CT molecular complexity index is 1670. The van der Waals surface area contributed by atoms with Crippen molar-refractivity contribution in [3.63, 3.8) is 0 Å². The molecule has 2 N–H and O–H groups in total. The first-order valence-electron chi connectivity index (χ1n) is 14.6. The number of fused-ring (bicyclic) bond motifs is 1. The zero-order chi connectivity index (χ0) is 31.8. The lowest BCUT2D eigenvalue weighted by molar-refractivity contribution is -0.113. The van der Waals surface area contributed by atoms with Gasteiger partial charge in [0.05, 0.1) is 38.7 Å². The zero-order valence-corrected chi connectivity index (χ0v) is 27.0. The van der Waals surface area contributed by atoms with Crippen LogP contribution in [0.2, 0.25) is 0 Å². The summed E-state index contributed by atoms with van der Waals surface area (Å²) in [6.45, 7) is 2.71. The monoisotopic (exact) mass is 649 g/mol. The average Bonchev–Trinajstić information content (AvgIpc) is 3.76. The number of nitrogens with one attached hydrogen (secondary N) is 2. The minimum absolute atomic E-state index is 0.0618. The van der Waals surface area contributed by atoms with Crippen molar-refractivity contribution in [3.05, 3.63) is 81.5 Å². The molecule has 45 heavy (non-hydrogen) atoms. The molecule has 1 aliphatic rings. The average molecular weight is 650 g/mol. The van der Waals surface area contributed by atoms with E-state index in [0.717, 1.165) is 35.3 Å². The van der Waals surface area contributed by atoms with Crippen molar-refractivity contribution in [1.29, 1.82) is 0 Å². The summed E-state index contributed by atoms with van der Waals surface area (Å²) in [5, 5.41) is 15.6. The highest BCUT2D eigenvalue weighted by atomic mass is 32.2. The summed E-state index contributed by atoms with van der Waals surface area (Å²) in [6, 6.07) is 15.0. The number of aryl methyl sites for hydroxylation is 2. The Balaban J connectivity index is 1.28. The molecule has 0 saturated carbocycles. The Hall–Kier alpha value is -4.36. The van der Waals surface area contributed by atoms with Gasteiger partial charge in [-0.2, -0.15) is 0 Å². The van der Waals surface area contributed by atoms with Gasteiger partial charge in [-0.15, -0.1) is 21.5 Å². The molecule has 13 heteroatoms. The zero-order valence-electron chi connectivity index (χ0n) is 25.4. The Kier molecular flexibility index (Phi) is 10.7. The van der Waals surface area contributed by atoms with E-state index in [0.29, 0.717) is 51.6 Å². The number of thioether (sulfide) groups is 1. The van der Waals surface area contributed by atoms with Crippen LogP contribution in [0.15, 0.2) is 53.7 Å². The Morgan fingerprint density at radius 2 is 1.82 bits per heavy atom. The van der Waals surface area contributed by atoms with Crippen LogP contribution >= 0.6 is 23.1 Å². The number of esters is 1. The molecule has 0 saturated heterocycles. The summed E-state index contributed by atoms with van der Waals surface area (Å²) >= 11 is 2.70. The van der Waals surface area contributed by atoms with E-state index in [1.165, 1.54) is 37.3 Å². The quantitative estimate of drug-likeness (QED) is 0.144. The van der Waals surface area contributed by atoms with E-state index in [4.69, 9.17) is 14.2 Å². The van der Waals surface area contributed by atoms with Gasteiger partial charge in [0.25, 0.3) is 5.91 Å². The lowest BCUT2D eigenvalue weighted by atomic mass is 10.1. The highest BCUT2D eigenvalue weighted by Gasteiger charge is 2.28. The van der Waals surface area contributed by atoms with Gasteiger partial charge in [0.15, 0.2) is 22.5 Å². The van der Waals surface area contributed by atoms with Crippen LogP contribution in [0.3, 0.4) is 0 Å². The van der Waals surface area contributed by atoms with E-state index in [9.17, 15) is 14.4 Å². The predicted molar refractivity (Wildman–Crippen MR) is 173 cm³/mol. The van der Waals surface area contributed by atoms with Gasteiger partial charge < -0.3 is 29.4 Å². The number of carbonyl (C=O) groups is 3. The van der Waals surface area contributed by atoms with Gasteiger partial charge in [0.2, 0.25) is 5.91 Å². The van der Waals surface area contributed by atoms with Gasteiger partial charge in [-0.3, -0.25) is 9.59 Å². The summed E-state index contributed by atoms with van der Waals surface area (Å²) in [5.41, 5.74) is 3.02. The van der Waals surface area contributed by atoms with Crippen LogP contribution in [0.5, 0.6) is 11.5 Å². The first-order chi connectivity index (χ1) is 21.9.